The van der Waals surface area contributed by atoms with Crippen LogP contribution in [-0.2, 0) is 0 Å². The summed E-state index contributed by atoms with van der Waals surface area (Å²) in [6, 6.07) is 8.50. The van der Waals surface area contributed by atoms with Crippen molar-refractivity contribution in [2.75, 3.05) is 6.61 Å². The lowest BCUT2D eigenvalue weighted by molar-refractivity contribution is 0.339. The summed E-state index contributed by atoms with van der Waals surface area (Å²) in [6.45, 7) is 4.79. The van der Waals surface area contributed by atoms with Crippen LogP contribution < -0.4 is 10.1 Å². The maximum atomic E-state index is 5.68. The fraction of sp³-hybridized carbons (Fsp3) is 0.286. The molecule has 2 rings (SSSR count). The zero-order chi connectivity index (χ0) is 11.4. The van der Waals surface area contributed by atoms with Crippen molar-refractivity contribution in [3.05, 3.63) is 53.8 Å². The van der Waals surface area contributed by atoms with Crippen LogP contribution in [0.4, 0.5) is 0 Å². The molecular weight excluding hydrogens is 198 g/mol. The predicted molar refractivity (Wildman–Crippen MR) is 66.5 cm³/mol. The Balaban J connectivity index is 1.90. The first-order valence-electron chi connectivity index (χ1n) is 5.57. The molecular formula is C14H17NO. The predicted octanol–water partition coefficient (Wildman–Crippen LogP) is 2.81. The Bertz CT molecular complexity index is 403. The first-order valence-corrected chi connectivity index (χ1v) is 5.57. The molecule has 0 spiro atoms. The van der Waals surface area contributed by atoms with Gasteiger partial charge in [-0.05, 0) is 32.1 Å². The lowest BCUT2D eigenvalue weighted by Gasteiger charge is -2.18. The minimum atomic E-state index is 0.390. The molecule has 1 atom stereocenters. The van der Waals surface area contributed by atoms with Crippen molar-refractivity contribution < 1.29 is 4.74 Å². The van der Waals surface area contributed by atoms with Crippen LogP contribution in [0.5, 0.6) is 5.75 Å². The van der Waals surface area contributed by atoms with Gasteiger partial charge in [0.2, 0.25) is 0 Å². The summed E-state index contributed by atoms with van der Waals surface area (Å²) in [7, 11) is 0. The monoisotopic (exact) mass is 215 g/mol. The van der Waals surface area contributed by atoms with Crippen molar-refractivity contribution in [2.45, 2.75) is 19.9 Å². The van der Waals surface area contributed by atoms with Crippen molar-refractivity contribution in [2.24, 2.45) is 0 Å². The Labute approximate surface area is 96.6 Å². The topological polar surface area (TPSA) is 21.3 Å². The van der Waals surface area contributed by atoms with E-state index in [1.807, 2.05) is 18.2 Å². The number of nitrogens with one attached hydrogen (secondary N) is 1. The average Bonchev–Trinajstić information content (AvgIpc) is 2.28. The first-order chi connectivity index (χ1) is 7.74. The van der Waals surface area contributed by atoms with Crippen LogP contribution in [0.1, 0.15) is 12.5 Å². The van der Waals surface area contributed by atoms with E-state index < -0.39 is 0 Å². The number of dihydropyridines is 1. The zero-order valence-corrected chi connectivity index (χ0v) is 9.73. The van der Waals surface area contributed by atoms with E-state index in [0.717, 1.165) is 11.4 Å². The molecule has 0 aliphatic carbocycles. The number of ether oxygens (including phenoxy) is 1. The van der Waals surface area contributed by atoms with Gasteiger partial charge in [0.1, 0.15) is 12.4 Å². The number of hydrogen-bond donors (Lipinski definition) is 1. The third-order valence-corrected chi connectivity index (χ3v) is 2.53. The largest absolute Gasteiger partial charge is 0.487 e. The minimum Gasteiger partial charge on any atom is -0.487 e. The van der Waals surface area contributed by atoms with Gasteiger partial charge in [-0.25, -0.2) is 0 Å². The number of allylic oxidation sites excluding steroid dienone is 2. The van der Waals surface area contributed by atoms with Gasteiger partial charge in [-0.1, -0.05) is 29.8 Å². The quantitative estimate of drug-likeness (QED) is 0.837. The SMILES string of the molecule is Cc1ccc(OCC2=CC=CC(C)N2)cc1. The lowest BCUT2D eigenvalue weighted by Crippen LogP contribution is -2.28. The second-order valence-corrected chi connectivity index (χ2v) is 4.11. The van der Waals surface area contributed by atoms with Crippen molar-refractivity contribution in [3.63, 3.8) is 0 Å². The van der Waals surface area contributed by atoms with E-state index in [4.69, 9.17) is 4.74 Å². The van der Waals surface area contributed by atoms with Crippen LogP contribution in [-0.4, -0.2) is 12.6 Å². The number of rotatable bonds is 3. The van der Waals surface area contributed by atoms with Crippen molar-refractivity contribution in [1.82, 2.24) is 5.32 Å². The second kappa shape index (κ2) is 4.88. The van der Waals surface area contributed by atoms with E-state index in [1.165, 1.54) is 5.56 Å². The Morgan fingerprint density at radius 1 is 1.25 bits per heavy atom. The molecule has 1 aromatic carbocycles. The molecule has 2 nitrogen and oxygen atoms in total. The molecule has 0 aromatic heterocycles. The molecule has 0 saturated heterocycles. The van der Waals surface area contributed by atoms with E-state index in [9.17, 15) is 0 Å². The summed E-state index contributed by atoms with van der Waals surface area (Å²) in [6.07, 6.45) is 6.23. The van der Waals surface area contributed by atoms with Gasteiger partial charge in [0.15, 0.2) is 0 Å². The van der Waals surface area contributed by atoms with Gasteiger partial charge in [0.25, 0.3) is 0 Å². The van der Waals surface area contributed by atoms with Crippen molar-refractivity contribution in [3.8, 4) is 5.75 Å². The van der Waals surface area contributed by atoms with Crippen LogP contribution >= 0.6 is 0 Å². The summed E-state index contributed by atoms with van der Waals surface area (Å²) >= 11 is 0. The highest BCUT2D eigenvalue weighted by molar-refractivity contribution is 5.27. The van der Waals surface area contributed by atoms with Gasteiger partial charge in [-0.2, -0.15) is 0 Å². The van der Waals surface area contributed by atoms with Crippen LogP contribution in [0.15, 0.2) is 48.2 Å². The van der Waals surface area contributed by atoms with E-state index in [0.29, 0.717) is 12.6 Å². The van der Waals surface area contributed by atoms with E-state index in [2.05, 4.69) is 43.4 Å². The molecule has 84 valence electrons. The van der Waals surface area contributed by atoms with Crippen LogP contribution in [0.25, 0.3) is 0 Å². The van der Waals surface area contributed by atoms with E-state index in [-0.39, 0.29) is 0 Å². The number of benzene rings is 1. The Hall–Kier alpha value is -1.70. The molecule has 1 aliphatic heterocycles. The highest BCUT2D eigenvalue weighted by Gasteiger charge is 2.04. The van der Waals surface area contributed by atoms with E-state index >= 15 is 0 Å². The molecule has 1 aromatic rings. The first kappa shape index (κ1) is 10.8. The fourth-order valence-corrected chi connectivity index (χ4v) is 1.61. The third kappa shape index (κ3) is 2.89. The number of hydrogen-bond acceptors (Lipinski definition) is 2. The fourth-order valence-electron chi connectivity index (χ4n) is 1.61. The van der Waals surface area contributed by atoms with Crippen molar-refractivity contribution in [1.29, 1.82) is 0 Å². The molecule has 1 N–H and O–H groups in total. The molecule has 16 heavy (non-hydrogen) atoms. The lowest BCUT2D eigenvalue weighted by atomic mass is 10.2. The van der Waals surface area contributed by atoms with Gasteiger partial charge in [0, 0.05) is 11.7 Å². The Morgan fingerprint density at radius 3 is 2.69 bits per heavy atom. The molecule has 0 radical (unpaired) electrons. The summed E-state index contributed by atoms with van der Waals surface area (Å²) in [5.74, 6) is 0.913. The summed E-state index contributed by atoms with van der Waals surface area (Å²) in [4.78, 5) is 0. The summed E-state index contributed by atoms with van der Waals surface area (Å²) in [5, 5.41) is 3.35. The molecule has 0 bridgehead atoms. The van der Waals surface area contributed by atoms with Gasteiger partial charge in [0.05, 0.1) is 0 Å². The molecule has 0 amide bonds. The van der Waals surface area contributed by atoms with Gasteiger partial charge < -0.3 is 10.1 Å². The Kier molecular flexibility index (Phi) is 3.30. The molecule has 1 aliphatic rings. The summed E-state index contributed by atoms with van der Waals surface area (Å²) < 4.78 is 5.68. The normalized spacial score (nSPS) is 18.9. The van der Waals surface area contributed by atoms with Gasteiger partial charge >= 0.3 is 0 Å². The average molecular weight is 215 g/mol. The third-order valence-electron chi connectivity index (χ3n) is 2.53. The molecule has 2 heteroatoms. The van der Waals surface area contributed by atoms with Crippen LogP contribution in [0, 0.1) is 6.92 Å². The summed E-state index contributed by atoms with van der Waals surface area (Å²) in [5.41, 5.74) is 2.37. The van der Waals surface area contributed by atoms with E-state index in [1.54, 1.807) is 0 Å². The Morgan fingerprint density at radius 2 is 2.00 bits per heavy atom. The van der Waals surface area contributed by atoms with Gasteiger partial charge in [-0.15, -0.1) is 0 Å². The maximum absolute atomic E-state index is 5.68. The minimum absolute atomic E-state index is 0.390. The van der Waals surface area contributed by atoms with Crippen LogP contribution in [0.3, 0.4) is 0 Å². The van der Waals surface area contributed by atoms with Crippen LogP contribution in [0.2, 0.25) is 0 Å². The highest BCUT2D eigenvalue weighted by Crippen LogP contribution is 2.12. The molecule has 0 fully saturated rings. The molecule has 0 saturated carbocycles. The second-order valence-electron chi connectivity index (χ2n) is 4.11. The number of aryl methyl sites for hydroxylation is 1. The maximum Gasteiger partial charge on any atom is 0.128 e. The standard InChI is InChI=1S/C14H17NO/c1-11-6-8-14(9-7-11)16-10-13-5-3-4-12(2)15-13/h3-9,12,15H,10H2,1-2H3. The highest BCUT2D eigenvalue weighted by atomic mass is 16.5. The molecule has 1 unspecified atom stereocenters. The zero-order valence-electron chi connectivity index (χ0n) is 9.73. The smallest absolute Gasteiger partial charge is 0.128 e. The van der Waals surface area contributed by atoms with Gasteiger partial charge in [-0.3, -0.25) is 0 Å². The van der Waals surface area contributed by atoms with Crippen molar-refractivity contribution >= 4 is 0 Å². The molecule has 1 heterocycles.